The van der Waals surface area contributed by atoms with E-state index in [1.807, 2.05) is 22.7 Å². The summed E-state index contributed by atoms with van der Waals surface area (Å²) >= 11 is 6.26. The Morgan fingerprint density at radius 2 is 1.65 bits per heavy atom. The number of anilines is 2. The van der Waals surface area contributed by atoms with Gasteiger partial charge in [0.1, 0.15) is 17.2 Å². The fraction of sp³-hybridized carbons (Fsp3) is 0.136. The fourth-order valence-electron chi connectivity index (χ4n) is 3.26. The minimum absolute atomic E-state index is 0.676. The van der Waals surface area contributed by atoms with E-state index in [1.165, 1.54) is 16.7 Å². The zero-order chi connectivity index (χ0) is 18.3. The molecule has 3 nitrogen and oxygen atoms in total. The number of aromatic nitrogens is 2. The number of para-hydroxylation sites is 1. The molecule has 2 heterocycles. The molecule has 0 fully saturated rings. The summed E-state index contributed by atoms with van der Waals surface area (Å²) in [4.78, 5) is 4.86. The molecule has 0 bridgehead atoms. The van der Waals surface area contributed by atoms with Crippen molar-refractivity contribution in [3.8, 4) is 11.3 Å². The Morgan fingerprint density at radius 3 is 2.38 bits per heavy atom. The van der Waals surface area contributed by atoms with Gasteiger partial charge < -0.3 is 5.32 Å². The van der Waals surface area contributed by atoms with Crippen LogP contribution in [0.25, 0.3) is 16.9 Å². The van der Waals surface area contributed by atoms with Crippen molar-refractivity contribution in [1.29, 1.82) is 0 Å². The van der Waals surface area contributed by atoms with Gasteiger partial charge in [0.15, 0.2) is 0 Å². The SMILES string of the molecule is Cc1cccc(-c2nc3ccc(Cl)cn3c2Nc2c(C)cccc2C)c1. The lowest BCUT2D eigenvalue weighted by Gasteiger charge is -2.14. The summed E-state index contributed by atoms with van der Waals surface area (Å²) < 4.78 is 2.02. The van der Waals surface area contributed by atoms with Gasteiger partial charge in [0, 0.05) is 17.4 Å². The number of nitrogens with one attached hydrogen (secondary N) is 1. The molecule has 0 aliphatic rings. The van der Waals surface area contributed by atoms with Gasteiger partial charge in [0.05, 0.1) is 5.02 Å². The molecule has 0 spiro atoms. The van der Waals surface area contributed by atoms with E-state index in [0.29, 0.717) is 5.02 Å². The monoisotopic (exact) mass is 361 g/mol. The van der Waals surface area contributed by atoms with Gasteiger partial charge in [-0.25, -0.2) is 4.98 Å². The summed E-state index contributed by atoms with van der Waals surface area (Å²) in [6.07, 6.45) is 1.90. The summed E-state index contributed by atoms with van der Waals surface area (Å²) in [6, 6.07) is 18.5. The van der Waals surface area contributed by atoms with Crippen LogP contribution in [0.2, 0.25) is 5.02 Å². The summed E-state index contributed by atoms with van der Waals surface area (Å²) in [6.45, 7) is 6.31. The van der Waals surface area contributed by atoms with Crippen LogP contribution in [-0.2, 0) is 0 Å². The van der Waals surface area contributed by atoms with E-state index in [2.05, 4.69) is 68.6 Å². The normalized spacial score (nSPS) is 11.1. The molecule has 0 saturated carbocycles. The van der Waals surface area contributed by atoms with Crippen LogP contribution in [0.1, 0.15) is 16.7 Å². The van der Waals surface area contributed by atoms with Crippen LogP contribution < -0.4 is 5.32 Å². The summed E-state index contributed by atoms with van der Waals surface area (Å²) in [5.41, 5.74) is 7.55. The molecular formula is C22H20ClN3. The van der Waals surface area contributed by atoms with Crippen LogP contribution in [0.3, 0.4) is 0 Å². The lowest BCUT2D eigenvalue weighted by molar-refractivity contribution is 1.18. The Balaban J connectivity index is 1.96. The van der Waals surface area contributed by atoms with Crippen LogP contribution in [0.4, 0.5) is 11.5 Å². The van der Waals surface area contributed by atoms with Gasteiger partial charge in [-0.05, 0) is 50.1 Å². The second-order valence-corrected chi connectivity index (χ2v) is 7.08. The van der Waals surface area contributed by atoms with Crippen molar-refractivity contribution in [2.24, 2.45) is 0 Å². The number of rotatable bonds is 3. The molecule has 0 aliphatic carbocycles. The zero-order valence-corrected chi connectivity index (χ0v) is 15.8. The third-order valence-electron chi connectivity index (χ3n) is 4.60. The first-order valence-electron chi connectivity index (χ1n) is 8.61. The van der Waals surface area contributed by atoms with Gasteiger partial charge in [-0.15, -0.1) is 0 Å². The first kappa shape index (κ1) is 16.7. The lowest BCUT2D eigenvalue weighted by atomic mass is 10.1. The molecule has 1 N–H and O–H groups in total. The highest BCUT2D eigenvalue weighted by Crippen LogP contribution is 2.34. The number of hydrogen-bond acceptors (Lipinski definition) is 2. The fourth-order valence-corrected chi connectivity index (χ4v) is 3.42. The molecule has 0 unspecified atom stereocenters. The van der Waals surface area contributed by atoms with Crippen LogP contribution in [0.15, 0.2) is 60.8 Å². The number of benzene rings is 2. The highest BCUT2D eigenvalue weighted by atomic mass is 35.5. The standard InChI is InChI=1S/C22H20ClN3/c1-14-6-4-9-17(12-14)21-22(25-20-15(2)7-5-8-16(20)3)26-13-18(23)10-11-19(26)24-21/h4-13,25H,1-3H3. The molecule has 26 heavy (non-hydrogen) atoms. The topological polar surface area (TPSA) is 29.3 Å². The van der Waals surface area contributed by atoms with Crippen molar-refractivity contribution in [3.05, 3.63) is 82.5 Å². The lowest BCUT2D eigenvalue weighted by Crippen LogP contribution is -2.00. The molecule has 0 saturated heterocycles. The Morgan fingerprint density at radius 1 is 0.923 bits per heavy atom. The number of pyridine rings is 1. The van der Waals surface area contributed by atoms with E-state index in [-0.39, 0.29) is 0 Å². The zero-order valence-electron chi connectivity index (χ0n) is 15.0. The molecule has 0 radical (unpaired) electrons. The minimum Gasteiger partial charge on any atom is -0.339 e. The highest BCUT2D eigenvalue weighted by molar-refractivity contribution is 6.30. The Hall–Kier alpha value is -2.78. The molecule has 0 atom stereocenters. The average Bonchev–Trinajstić information content (AvgIpc) is 2.96. The molecule has 0 amide bonds. The smallest absolute Gasteiger partial charge is 0.143 e. The minimum atomic E-state index is 0.676. The highest BCUT2D eigenvalue weighted by Gasteiger charge is 2.16. The number of fused-ring (bicyclic) bond motifs is 1. The van der Waals surface area contributed by atoms with Crippen molar-refractivity contribution in [3.63, 3.8) is 0 Å². The average molecular weight is 362 g/mol. The quantitative estimate of drug-likeness (QED) is 0.462. The summed E-state index contributed by atoms with van der Waals surface area (Å²) in [7, 11) is 0. The molecule has 4 aromatic rings. The van der Waals surface area contributed by atoms with Gasteiger partial charge in [0.25, 0.3) is 0 Å². The molecule has 4 heteroatoms. The number of hydrogen-bond donors (Lipinski definition) is 1. The van der Waals surface area contributed by atoms with Crippen molar-refractivity contribution >= 4 is 28.8 Å². The van der Waals surface area contributed by atoms with Crippen LogP contribution in [0, 0.1) is 20.8 Å². The van der Waals surface area contributed by atoms with E-state index < -0.39 is 0 Å². The Kier molecular flexibility index (Phi) is 4.17. The predicted octanol–water partition coefficient (Wildman–Crippen LogP) is 6.32. The van der Waals surface area contributed by atoms with Crippen LogP contribution in [0.5, 0.6) is 0 Å². The third kappa shape index (κ3) is 2.95. The molecule has 130 valence electrons. The van der Waals surface area contributed by atoms with Gasteiger partial charge in [0.2, 0.25) is 0 Å². The van der Waals surface area contributed by atoms with E-state index in [0.717, 1.165) is 28.4 Å². The number of aryl methyl sites for hydroxylation is 3. The first-order valence-corrected chi connectivity index (χ1v) is 8.98. The van der Waals surface area contributed by atoms with Gasteiger partial charge in [-0.1, -0.05) is 53.6 Å². The molecule has 2 aromatic carbocycles. The molecule has 0 aliphatic heterocycles. The third-order valence-corrected chi connectivity index (χ3v) is 4.82. The van der Waals surface area contributed by atoms with Crippen molar-refractivity contribution in [2.45, 2.75) is 20.8 Å². The second kappa shape index (κ2) is 6.50. The van der Waals surface area contributed by atoms with Crippen molar-refractivity contribution in [2.75, 3.05) is 5.32 Å². The van der Waals surface area contributed by atoms with E-state index in [4.69, 9.17) is 16.6 Å². The first-order chi connectivity index (χ1) is 12.5. The maximum Gasteiger partial charge on any atom is 0.143 e. The van der Waals surface area contributed by atoms with Crippen LogP contribution >= 0.6 is 11.6 Å². The Labute approximate surface area is 158 Å². The maximum absolute atomic E-state index is 6.26. The largest absolute Gasteiger partial charge is 0.339 e. The molecule has 2 aromatic heterocycles. The van der Waals surface area contributed by atoms with Gasteiger partial charge >= 0.3 is 0 Å². The number of imidazole rings is 1. The predicted molar refractivity (Wildman–Crippen MR) is 110 cm³/mol. The van der Waals surface area contributed by atoms with Gasteiger partial charge in [-0.2, -0.15) is 0 Å². The van der Waals surface area contributed by atoms with Crippen LogP contribution in [-0.4, -0.2) is 9.38 Å². The maximum atomic E-state index is 6.26. The summed E-state index contributed by atoms with van der Waals surface area (Å²) in [5.74, 6) is 0.922. The van der Waals surface area contributed by atoms with E-state index in [9.17, 15) is 0 Å². The van der Waals surface area contributed by atoms with E-state index >= 15 is 0 Å². The van der Waals surface area contributed by atoms with Crippen molar-refractivity contribution < 1.29 is 0 Å². The second-order valence-electron chi connectivity index (χ2n) is 6.65. The Bertz CT molecular complexity index is 1090. The van der Waals surface area contributed by atoms with Gasteiger partial charge in [-0.3, -0.25) is 4.40 Å². The summed E-state index contributed by atoms with van der Waals surface area (Å²) in [5, 5.41) is 4.30. The molecular weight excluding hydrogens is 342 g/mol. The van der Waals surface area contributed by atoms with Crippen molar-refractivity contribution in [1.82, 2.24) is 9.38 Å². The number of halogens is 1. The van der Waals surface area contributed by atoms with E-state index in [1.54, 1.807) is 0 Å². The molecule has 4 rings (SSSR count). The number of nitrogens with zero attached hydrogens (tertiary/aromatic N) is 2.